The van der Waals surface area contributed by atoms with Crippen molar-refractivity contribution in [2.75, 3.05) is 48.8 Å². The number of nitrogens with two attached hydrogens (primary N) is 1. The summed E-state index contributed by atoms with van der Waals surface area (Å²) in [5.74, 6) is 2.12. The zero-order valence-corrected chi connectivity index (χ0v) is 11.9. The van der Waals surface area contributed by atoms with Crippen molar-refractivity contribution in [2.24, 2.45) is 0 Å². The predicted octanol–water partition coefficient (Wildman–Crippen LogP) is 0.789. The molecule has 2 N–H and O–H groups in total. The largest absolute Gasteiger partial charge is 0.481 e. The van der Waals surface area contributed by atoms with Gasteiger partial charge in [-0.15, -0.1) is 0 Å². The smallest absolute Gasteiger partial charge is 0.225 e. The Hall–Kier alpha value is -2.57. The summed E-state index contributed by atoms with van der Waals surface area (Å²) in [6.07, 6.45) is 3.52. The van der Waals surface area contributed by atoms with Crippen molar-refractivity contribution >= 4 is 17.5 Å². The van der Waals surface area contributed by atoms with Gasteiger partial charge in [-0.05, 0) is 12.1 Å². The van der Waals surface area contributed by atoms with Gasteiger partial charge >= 0.3 is 0 Å². The second kappa shape index (κ2) is 5.82. The molecule has 21 heavy (non-hydrogen) atoms. The first-order valence-corrected chi connectivity index (χ1v) is 6.85. The molecule has 1 fully saturated rings. The molecule has 110 valence electrons. The van der Waals surface area contributed by atoms with E-state index in [4.69, 9.17) is 10.5 Å². The van der Waals surface area contributed by atoms with Gasteiger partial charge < -0.3 is 20.3 Å². The summed E-state index contributed by atoms with van der Waals surface area (Å²) in [5.41, 5.74) is 6.69. The third kappa shape index (κ3) is 2.81. The number of hydrogen-bond donors (Lipinski definition) is 1. The number of aromatic nitrogens is 3. The van der Waals surface area contributed by atoms with Crippen LogP contribution < -0.4 is 20.3 Å². The first-order chi connectivity index (χ1) is 10.3. The highest BCUT2D eigenvalue weighted by atomic mass is 16.5. The maximum atomic E-state index is 6.02. The number of piperazine rings is 1. The first-order valence-electron chi connectivity index (χ1n) is 6.85. The summed E-state index contributed by atoms with van der Waals surface area (Å²) < 4.78 is 5.17. The van der Waals surface area contributed by atoms with Crippen molar-refractivity contribution in [1.29, 1.82) is 0 Å². The third-order valence-corrected chi connectivity index (χ3v) is 3.50. The fourth-order valence-corrected chi connectivity index (χ4v) is 2.38. The molecule has 0 spiro atoms. The fourth-order valence-electron chi connectivity index (χ4n) is 2.38. The molecule has 1 aliphatic rings. The average Bonchev–Trinajstić information content (AvgIpc) is 2.56. The first kappa shape index (κ1) is 13.4. The average molecular weight is 286 g/mol. The van der Waals surface area contributed by atoms with E-state index < -0.39 is 0 Å². The molecule has 2 aromatic rings. The third-order valence-electron chi connectivity index (χ3n) is 3.50. The molecule has 0 radical (unpaired) electrons. The number of ether oxygens (including phenoxy) is 1. The van der Waals surface area contributed by atoms with Crippen LogP contribution in [0.3, 0.4) is 0 Å². The highest BCUT2D eigenvalue weighted by molar-refractivity contribution is 5.64. The van der Waals surface area contributed by atoms with Crippen LogP contribution in [0.5, 0.6) is 5.88 Å². The van der Waals surface area contributed by atoms with Gasteiger partial charge in [0.25, 0.3) is 0 Å². The van der Waals surface area contributed by atoms with Crippen molar-refractivity contribution < 1.29 is 4.74 Å². The Bertz CT molecular complexity index is 598. The van der Waals surface area contributed by atoms with Gasteiger partial charge in [0, 0.05) is 44.6 Å². The lowest BCUT2D eigenvalue weighted by atomic mass is 10.3. The number of pyridine rings is 1. The van der Waals surface area contributed by atoms with E-state index in [-0.39, 0.29) is 0 Å². The normalized spacial score (nSPS) is 15.1. The number of methoxy groups -OCH3 is 1. The van der Waals surface area contributed by atoms with Crippen molar-refractivity contribution in [3.05, 3.63) is 30.6 Å². The van der Waals surface area contributed by atoms with Crippen LogP contribution in [0.25, 0.3) is 0 Å². The lowest BCUT2D eigenvalue weighted by Gasteiger charge is -2.35. The van der Waals surface area contributed by atoms with E-state index in [1.165, 1.54) is 0 Å². The topological polar surface area (TPSA) is 80.4 Å². The van der Waals surface area contributed by atoms with E-state index in [1.54, 1.807) is 25.6 Å². The van der Waals surface area contributed by atoms with E-state index in [1.807, 2.05) is 12.1 Å². The molecule has 0 saturated carbocycles. The van der Waals surface area contributed by atoms with Crippen LogP contribution in [0.1, 0.15) is 0 Å². The van der Waals surface area contributed by atoms with Gasteiger partial charge in [0.1, 0.15) is 0 Å². The van der Waals surface area contributed by atoms with E-state index in [2.05, 4.69) is 24.8 Å². The minimum atomic E-state index is 0.577. The fraction of sp³-hybridized carbons (Fsp3) is 0.357. The molecule has 3 heterocycles. The van der Waals surface area contributed by atoms with Crippen LogP contribution in [0.2, 0.25) is 0 Å². The van der Waals surface area contributed by atoms with Crippen molar-refractivity contribution in [3.8, 4) is 5.88 Å². The molecule has 7 heteroatoms. The Morgan fingerprint density at radius 3 is 2.38 bits per heavy atom. The summed E-state index contributed by atoms with van der Waals surface area (Å²) >= 11 is 0. The van der Waals surface area contributed by atoms with Crippen LogP contribution in [-0.2, 0) is 0 Å². The van der Waals surface area contributed by atoms with Crippen LogP contribution in [0.15, 0.2) is 30.6 Å². The summed E-state index contributed by atoms with van der Waals surface area (Å²) in [6, 6.07) is 5.42. The van der Waals surface area contributed by atoms with Gasteiger partial charge in [0.15, 0.2) is 5.82 Å². The van der Waals surface area contributed by atoms with Crippen LogP contribution >= 0.6 is 0 Å². The number of nitrogen functional groups attached to an aromatic ring is 1. The van der Waals surface area contributed by atoms with E-state index in [9.17, 15) is 0 Å². The molecule has 0 unspecified atom stereocenters. The highest BCUT2D eigenvalue weighted by Crippen LogP contribution is 2.25. The van der Waals surface area contributed by atoms with Crippen molar-refractivity contribution in [2.45, 2.75) is 0 Å². The molecular weight excluding hydrogens is 268 g/mol. The second-order valence-electron chi connectivity index (χ2n) is 4.79. The quantitative estimate of drug-likeness (QED) is 0.893. The Kier molecular flexibility index (Phi) is 3.72. The molecule has 7 nitrogen and oxygen atoms in total. The van der Waals surface area contributed by atoms with Gasteiger partial charge in [0.2, 0.25) is 11.8 Å². The van der Waals surface area contributed by atoms with Crippen molar-refractivity contribution in [1.82, 2.24) is 15.0 Å². The van der Waals surface area contributed by atoms with Gasteiger partial charge in [0.05, 0.1) is 12.8 Å². The van der Waals surface area contributed by atoms with E-state index in [0.717, 1.165) is 37.9 Å². The van der Waals surface area contributed by atoms with Gasteiger partial charge in [-0.3, -0.25) is 0 Å². The van der Waals surface area contributed by atoms with Gasteiger partial charge in [-0.2, -0.15) is 4.98 Å². The molecule has 0 amide bonds. The Morgan fingerprint density at radius 1 is 1.05 bits per heavy atom. The molecule has 0 aliphatic carbocycles. The van der Waals surface area contributed by atoms with Gasteiger partial charge in [-0.25, -0.2) is 9.97 Å². The molecule has 0 atom stereocenters. The Balaban J connectivity index is 1.71. The number of nitrogens with zero attached hydrogens (tertiary/aromatic N) is 5. The summed E-state index contributed by atoms with van der Waals surface area (Å²) in [6.45, 7) is 3.32. The van der Waals surface area contributed by atoms with Crippen LogP contribution in [-0.4, -0.2) is 48.2 Å². The minimum Gasteiger partial charge on any atom is -0.481 e. The van der Waals surface area contributed by atoms with Crippen LogP contribution in [0, 0.1) is 0 Å². The standard InChI is InChI=1S/C14H18N6O/c1-21-12-4-3-11(15)13(18-12)19-7-9-20(10-8-19)14-16-5-2-6-17-14/h2-6H,7-10,15H2,1H3. The molecule has 3 rings (SSSR count). The molecule has 2 aromatic heterocycles. The Labute approximate surface area is 123 Å². The number of hydrogen-bond acceptors (Lipinski definition) is 7. The lowest BCUT2D eigenvalue weighted by Crippen LogP contribution is -2.47. The molecule has 1 aliphatic heterocycles. The lowest BCUT2D eigenvalue weighted by molar-refractivity contribution is 0.398. The maximum absolute atomic E-state index is 6.02. The van der Waals surface area contributed by atoms with Gasteiger partial charge in [-0.1, -0.05) is 0 Å². The van der Waals surface area contributed by atoms with E-state index >= 15 is 0 Å². The summed E-state index contributed by atoms with van der Waals surface area (Å²) in [4.78, 5) is 17.3. The predicted molar refractivity (Wildman–Crippen MR) is 81.7 cm³/mol. The molecule has 0 bridgehead atoms. The summed E-state index contributed by atoms with van der Waals surface area (Å²) in [7, 11) is 1.60. The zero-order valence-electron chi connectivity index (χ0n) is 11.9. The number of rotatable bonds is 3. The SMILES string of the molecule is COc1ccc(N)c(N2CCN(c3ncccn3)CC2)n1. The second-order valence-corrected chi connectivity index (χ2v) is 4.79. The highest BCUT2D eigenvalue weighted by Gasteiger charge is 2.21. The molecular formula is C14H18N6O. The summed E-state index contributed by atoms with van der Waals surface area (Å²) in [5, 5.41) is 0. The maximum Gasteiger partial charge on any atom is 0.225 e. The van der Waals surface area contributed by atoms with Crippen LogP contribution in [0.4, 0.5) is 17.5 Å². The molecule has 1 saturated heterocycles. The van der Waals surface area contributed by atoms with E-state index in [0.29, 0.717) is 11.6 Å². The number of anilines is 3. The zero-order chi connectivity index (χ0) is 14.7. The van der Waals surface area contributed by atoms with Crippen molar-refractivity contribution in [3.63, 3.8) is 0 Å². The monoisotopic (exact) mass is 286 g/mol. The Morgan fingerprint density at radius 2 is 1.71 bits per heavy atom. The minimum absolute atomic E-state index is 0.577. The molecule has 0 aromatic carbocycles.